The van der Waals surface area contributed by atoms with Crippen molar-refractivity contribution in [1.82, 2.24) is 10.9 Å². The molecule has 0 aromatic heterocycles. The average Bonchev–Trinajstić information content (AvgIpc) is 2.82. The lowest BCUT2D eigenvalue weighted by Gasteiger charge is -2.19. The van der Waals surface area contributed by atoms with Crippen LogP contribution in [0.15, 0.2) is 78.9 Å². The van der Waals surface area contributed by atoms with Gasteiger partial charge in [0, 0.05) is 27.9 Å². The van der Waals surface area contributed by atoms with Crippen molar-refractivity contribution in [2.75, 3.05) is 5.32 Å². The van der Waals surface area contributed by atoms with Crippen LogP contribution in [0, 0.1) is 0 Å². The Labute approximate surface area is 204 Å². The Morgan fingerprint density at radius 2 is 1.35 bits per heavy atom. The molecule has 0 atom stereocenters. The molecular formula is C27H26ClN3O3. The quantitative estimate of drug-likeness (QED) is 0.342. The Kier molecular flexibility index (Phi) is 7.87. The first-order chi connectivity index (χ1) is 16.1. The molecule has 3 N–H and O–H groups in total. The molecule has 6 nitrogen and oxygen atoms in total. The lowest BCUT2D eigenvalue weighted by atomic mass is 9.87. The summed E-state index contributed by atoms with van der Waals surface area (Å²) in [7, 11) is 0. The SMILES string of the molecule is CC(C)(C)c1ccc(C(=O)Nc2ccc(C(=O)NNC(=O)/C=C/c3ccccc3Cl)cc2)cc1. The molecule has 3 aromatic rings. The van der Waals surface area contributed by atoms with Crippen LogP contribution in [0.5, 0.6) is 0 Å². The van der Waals surface area contributed by atoms with E-state index in [-0.39, 0.29) is 11.3 Å². The van der Waals surface area contributed by atoms with Gasteiger partial charge in [-0.2, -0.15) is 0 Å². The summed E-state index contributed by atoms with van der Waals surface area (Å²) in [6, 6.07) is 20.9. The molecule has 0 radical (unpaired) electrons. The number of rotatable bonds is 5. The molecule has 3 aromatic carbocycles. The highest BCUT2D eigenvalue weighted by atomic mass is 35.5. The van der Waals surface area contributed by atoms with Gasteiger partial charge in [-0.3, -0.25) is 25.2 Å². The monoisotopic (exact) mass is 475 g/mol. The number of carbonyl (C=O) groups is 3. The molecule has 34 heavy (non-hydrogen) atoms. The number of hydrogen-bond donors (Lipinski definition) is 3. The lowest BCUT2D eigenvalue weighted by Crippen LogP contribution is -2.40. The van der Waals surface area contributed by atoms with E-state index >= 15 is 0 Å². The van der Waals surface area contributed by atoms with Crippen molar-refractivity contribution in [3.63, 3.8) is 0 Å². The number of hydrogen-bond acceptors (Lipinski definition) is 3. The van der Waals surface area contributed by atoms with E-state index in [0.717, 1.165) is 5.56 Å². The van der Waals surface area contributed by atoms with Crippen LogP contribution in [0.2, 0.25) is 5.02 Å². The zero-order valence-electron chi connectivity index (χ0n) is 19.2. The van der Waals surface area contributed by atoms with Crippen LogP contribution >= 0.6 is 11.6 Å². The molecule has 0 spiro atoms. The summed E-state index contributed by atoms with van der Waals surface area (Å²) >= 11 is 6.04. The predicted octanol–water partition coefficient (Wildman–Crippen LogP) is 5.36. The Morgan fingerprint density at radius 1 is 0.765 bits per heavy atom. The van der Waals surface area contributed by atoms with Crippen LogP contribution in [-0.4, -0.2) is 17.7 Å². The maximum absolute atomic E-state index is 12.5. The van der Waals surface area contributed by atoms with Crippen molar-refractivity contribution in [3.8, 4) is 0 Å². The van der Waals surface area contributed by atoms with Gasteiger partial charge in [-0.25, -0.2) is 0 Å². The Balaban J connectivity index is 1.52. The molecule has 0 aliphatic rings. The number of amides is 3. The fourth-order valence-electron chi connectivity index (χ4n) is 3.04. The molecular weight excluding hydrogens is 450 g/mol. The molecule has 0 saturated heterocycles. The second-order valence-electron chi connectivity index (χ2n) is 8.66. The van der Waals surface area contributed by atoms with Gasteiger partial charge >= 0.3 is 0 Å². The van der Waals surface area contributed by atoms with E-state index in [1.807, 2.05) is 12.1 Å². The van der Waals surface area contributed by atoms with Crippen LogP contribution in [0.25, 0.3) is 6.08 Å². The zero-order valence-corrected chi connectivity index (χ0v) is 19.9. The number of nitrogens with one attached hydrogen (secondary N) is 3. The van der Waals surface area contributed by atoms with E-state index in [9.17, 15) is 14.4 Å². The average molecular weight is 476 g/mol. The minimum atomic E-state index is -0.505. The van der Waals surface area contributed by atoms with Crippen LogP contribution in [0.4, 0.5) is 5.69 Å². The van der Waals surface area contributed by atoms with Gasteiger partial charge in [0.15, 0.2) is 0 Å². The van der Waals surface area contributed by atoms with Gasteiger partial charge in [0.25, 0.3) is 17.7 Å². The van der Waals surface area contributed by atoms with E-state index in [0.29, 0.717) is 27.4 Å². The summed E-state index contributed by atoms with van der Waals surface area (Å²) in [4.78, 5) is 36.7. The van der Waals surface area contributed by atoms with Crippen molar-refractivity contribution >= 4 is 41.1 Å². The van der Waals surface area contributed by atoms with Crippen molar-refractivity contribution in [2.24, 2.45) is 0 Å². The minimum Gasteiger partial charge on any atom is -0.322 e. The molecule has 0 aliphatic heterocycles. The van der Waals surface area contributed by atoms with Gasteiger partial charge in [-0.05, 0) is 65.1 Å². The standard InChI is InChI=1S/C27H26ClN3O3/c1-27(2,3)21-13-8-19(9-14-21)25(33)29-22-15-10-20(11-16-22)26(34)31-30-24(32)17-12-18-6-4-5-7-23(18)28/h4-17H,1-3H3,(H,29,33)(H,30,32)(H,31,34)/b17-12+. The minimum absolute atomic E-state index is 0.0107. The Morgan fingerprint density at radius 3 is 1.97 bits per heavy atom. The fourth-order valence-corrected chi connectivity index (χ4v) is 3.24. The normalized spacial score (nSPS) is 11.2. The van der Waals surface area contributed by atoms with Gasteiger partial charge in [0.1, 0.15) is 0 Å². The third-order valence-electron chi connectivity index (χ3n) is 5.04. The fraction of sp³-hybridized carbons (Fsp3) is 0.148. The molecule has 0 unspecified atom stereocenters. The molecule has 0 saturated carbocycles. The van der Waals surface area contributed by atoms with Crippen LogP contribution in [0.3, 0.4) is 0 Å². The number of anilines is 1. The van der Waals surface area contributed by atoms with Crippen LogP contribution < -0.4 is 16.2 Å². The number of carbonyl (C=O) groups excluding carboxylic acids is 3. The van der Waals surface area contributed by atoms with Gasteiger partial charge in [0.2, 0.25) is 0 Å². The number of hydrazine groups is 1. The zero-order chi connectivity index (χ0) is 24.7. The van der Waals surface area contributed by atoms with E-state index in [4.69, 9.17) is 11.6 Å². The molecule has 3 rings (SSSR count). The van der Waals surface area contributed by atoms with Crippen LogP contribution in [0.1, 0.15) is 52.6 Å². The molecule has 3 amide bonds. The topological polar surface area (TPSA) is 87.3 Å². The van der Waals surface area contributed by atoms with Crippen molar-refractivity contribution in [2.45, 2.75) is 26.2 Å². The van der Waals surface area contributed by atoms with Gasteiger partial charge in [0.05, 0.1) is 0 Å². The van der Waals surface area contributed by atoms with Gasteiger partial charge in [-0.15, -0.1) is 0 Å². The molecule has 0 aliphatic carbocycles. The highest BCUT2D eigenvalue weighted by Gasteiger charge is 2.14. The molecule has 7 heteroatoms. The van der Waals surface area contributed by atoms with Crippen LogP contribution in [-0.2, 0) is 10.2 Å². The molecule has 0 heterocycles. The Bertz CT molecular complexity index is 1210. The van der Waals surface area contributed by atoms with E-state index in [1.54, 1.807) is 66.7 Å². The highest BCUT2D eigenvalue weighted by Crippen LogP contribution is 2.22. The van der Waals surface area contributed by atoms with Crippen molar-refractivity contribution in [3.05, 3.63) is 106 Å². The highest BCUT2D eigenvalue weighted by molar-refractivity contribution is 6.32. The van der Waals surface area contributed by atoms with Crippen molar-refractivity contribution < 1.29 is 14.4 Å². The predicted molar refractivity (Wildman–Crippen MR) is 136 cm³/mol. The third kappa shape index (κ3) is 6.80. The first-order valence-corrected chi connectivity index (χ1v) is 11.1. The largest absolute Gasteiger partial charge is 0.322 e. The summed E-state index contributed by atoms with van der Waals surface area (Å²) < 4.78 is 0. The molecule has 0 bridgehead atoms. The molecule has 0 fully saturated rings. The van der Waals surface area contributed by atoms with E-state index < -0.39 is 11.8 Å². The van der Waals surface area contributed by atoms with Crippen molar-refractivity contribution in [1.29, 1.82) is 0 Å². The summed E-state index contributed by atoms with van der Waals surface area (Å²) in [5, 5.41) is 3.33. The smallest absolute Gasteiger partial charge is 0.269 e. The number of halogens is 1. The van der Waals surface area contributed by atoms with E-state index in [2.05, 4.69) is 36.9 Å². The van der Waals surface area contributed by atoms with Gasteiger partial charge < -0.3 is 5.32 Å². The summed E-state index contributed by atoms with van der Waals surface area (Å²) in [5.41, 5.74) is 7.92. The summed E-state index contributed by atoms with van der Waals surface area (Å²) in [6.45, 7) is 6.34. The van der Waals surface area contributed by atoms with E-state index in [1.165, 1.54) is 6.08 Å². The second kappa shape index (κ2) is 10.8. The third-order valence-corrected chi connectivity index (χ3v) is 5.38. The summed E-state index contributed by atoms with van der Waals surface area (Å²) in [5.74, 6) is -1.24. The lowest BCUT2D eigenvalue weighted by molar-refractivity contribution is -0.117. The maximum Gasteiger partial charge on any atom is 0.269 e. The first-order valence-electron chi connectivity index (χ1n) is 10.7. The van der Waals surface area contributed by atoms with Gasteiger partial charge in [-0.1, -0.05) is 62.7 Å². The number of benzene rings is 3. The maximum atomic E-state index is 12.5. The Hall–Kier alpha value is -3.90. The second-order valence-corrected chi connectivity index (χ2v) is 9.06. The first kappa shape index (κ1) is 24.7. The molecule has 174 valence electrons. The summed E-state index contributed by atoms with van der Waals surface area (Å²) in [6.07, 6.45) is 2.83.